The van der Waals surface area contributed by atoms with Crippen molar-refractivity contribution in [3.8, 4) is 5.75 Å². The number of unbranched alkanes of at least 4 members (excludes halogenated alkanes) is 2. The topological polar surface area (TPSA) is 305 Å². The fourth-order valence-electron chi connectivity index (χ4n) is 12.2. The Morgan fingerprint density at radius 2 is 1.69 bits per heavy atom. The number of carbonyl (C=O) groups excluding carboxylic acids is 9. The number of allylic oxidation sites excluding steroid dienone is 3. The minimum Gasteiger partial charge on any atom is -0.495 e. The first-order chi connectivity index (χ1) is 43.1. The van der Waals surface area contributed by atoms with Gasteiger partial charge >= 0.3 is 18.0 Å². The molecular weight excluding hydrogens is 1190 g/mol. The zero-order valence-corrected chi connectivity index (χ0v) is 55.6. The monoisotopic (exact) mass is 1280 g/mol. The van der Waals surface area contributed by atoms with E-state index in [1.807, 2.05) is 40.7 Å². The lowest BCUT2D eigenvalue weighted by Crippen LogP contribution is -2.53. The summed E-state index contributed by atoms with van der Waals surface area (Å²) in [4.78, 5) is 130. The van der Waals surface area contributed by atoms with Crippen LogP contribution in [0, 0.1) is 23.7 Å². The molecule has 3 aliphatic rings. The van der Waals surface area contributed by atoms with Crippen LogP contribution < -0.4 is 31.3 Å². The average molecular weight is 1280 g/mol. The number of methoxy groups -OCH3 is 2. The number of halogens is 1. The summed E-state index contributed by atoms with van der Waals surface area (Å²) in [6.07, 6.45) is 6.58. The molecule has 3 aromatic rings. The van der Waals surface area contributed by atoms with Gasteiger partial charge in [-0.2, -0.15) is 0 Å². The van der Waals surface area contributed by atoms with Crippen LogP contribution in [0.2, 0.25) is 5.02 Å². The van der Waals surface area contributed by atoms with Crippen LogP contribution in [-0.4, -0.2) is 157 Å². The maximum absolute atomic E-state index is 14.7. The van der Waals surface area contributed by atoms with Crippen molar-refractivity contribution in [2.75, 3.05) is 46.3 Å². The third kappa shape index (κ3) is 18.7. The predicted octanol–water partition coefficient (Wildman–Crippen LogP) is 8.02. The van der Waals surface area contributed by atoms with Crippen LogP contribution >= 0.6 is 11.6 Å². The van der Waals surface area contributed by atoms with Gasteiger partial charge in [0.05, 0.1) is 48.9 Å². The molecule has 0 radical (unpaired) electrons. The number of pyridine rings is 1. The summed E-state index contributed by atoms with van der Waals surface area (Å²) in [6, 6.07) is 6.95. The summed E-state index contributed by atoms with van der Waals surface area (Å²) < 4.78 is 30.0. The highest BCUT2D eigenvalue weighted by Gasteiger charge is 2.64. The number of nitrogens with zero attached hydrogens (tertiary/aromatic N) is 3. The molecule has 4 heterocycles. The number of aromatic nitrogens is 1. The maximum atomic E-state index is 14.7. The van der Waals surface area contributed by atoms with Crippen molar-refractivity contribution < 1.29 is 71.9 Å². The third-order valence-electron chi connectivity index (χ3n) is 18.2. The third-order valence-corrected chi connectivity index (χ3v) is 18.6. The molecule has 23 heteroatoms. The Labute approximate surface area is 539 Å². The summed E-state index contributed by atoms with van der Waals surface area (Å²) in [5, 5.41) is 21.1. The molecule has 2 aromatic carbocycles. The Hall–Kier alpha value is -7.27. The number of epoxide rings is 1. The first-order valence-electron chi connectivity index (χ1n) is 31.7. The number of ether oxygens (including phenoxy) is 5. The van der Waals surface area contributed by atoms with Crippen LogP contribution in [0.1, 0.15) is 154 Å². The molecule has 498 valence electrons. The van der Waals surface area contributed by atoms with Crippen molar-refractivity contribution in [3.05, 3.63) is 88.1 Å². The number of urea groups is 1. The first-order valence-corrected chi connectivity index (χ1v) is 32.1. The Kier molecular flexibility index (Phi) is 26.3. The highest BCUT2D eigenvalue weighted by atomic mass is 35.5. The number of likely N-dealkylation sites (N-methyl/N-ethyl adjacent to an activating group) is 1. The first kappa shape index (κ1) is 72.8. The van der Waals surface area contributed by atoms with E-state index in [1.54, 1.807) is 63.4 Å². The largest absolute Gasteiger partial charge is 0.495 e. The number of primary amides is 1. The summed E-state index contributed by atoms with van der Waals surface area (Å²) in [7, 11) is 5.87. The van der Waals surface area contributed by atoms with Gasteiger partial charge in [0.15, 0.2) is 5.78 Å². The molecule has 6 N–H and O–H groups in total. The van der Waals surface area contributed by atoms with Gasteiger partial charge in [-0.3, -0.25) is 38.5 Å². The SMILES string of the molecule is CCC(CC)C(=O)NCCCCCC(=O)C[C@H](C(=O)N[C@@H](CCCNC(N)=O)C(=O)Cc1ccc(C(=O)N(C)[C@@H](C)C(=O)O[C@H]2CC(=O)N(C)c3cc(cc(OC)c3Cl)C/C(C)=C/C=C/[C@@H](OC)[C@]3(O)CC(=O)O[C@@H](C3)[C@@H](C)[C@@H]3O[C@@]23C)c2ncccc12)C(C)C. The van der Waals surface area contributed by atoms with Crippen molar-refractivity contribution in [3.63, 3.8) is 0 Å². The molecule has 4 bridgehead atoms. The molecule has 2 fully saturated rings. The number of fused-ring (bicyclic) bond motifs is 6. The molecule has 0 aliphatic carbocycles. The summed E-state index contributed by atoms with van der Waals surface area (Å²) in [5.74, 6) is -4.86. The highest BCUT2D eigenvalue weighted by Crippen LogP contribution is 2.50. The number of nitrogens with one attached hydrogen (secondary N) is 3. The number of hydrogen-bond acceptors (Lipinski definition) is 16. The zero-order valence-electron chi connectivity index (χ0n) is 54.8. The van der Waals surface area contributed by atoms with E-state index in [0.29, 0.717) is 41.8 Å². The number of carbonyl (C=O) groups is 9. The van der Waals surface area contributed by atoms with Crippen LogP contribution in [0.5, 0.6) is 5.75 Å². The lowest BCUT2D eigenvalue weighted by molar-refractivity contribution is -0.187. The van der Waals surface area contributed by atoms with Gasteiger partial charge in [0, 0.05) is 89.3 Å². The Balaban J connectivity index is 1.21. The van der Waals surface area contributed by atoms with Crippen molar-refractivity contribution >= 4 is 81.4 Å². The van der Waals surface area contributed by atoms with Crippen molar-refractivity contribution in [2.24, 2.45) is 29.4 Å². The van der Waals surface area contributed by atoms with Gasteiger partial charge in [0.1, 0.15) is 52.1 Å². The quantitative estimate of drug-likeness (QED) is 0.0274. The summed E-state index contributed by atoms with van der Waals surface area (Å²) >= 11 is 6.89. The van der Waals surface area contributed by atoms with Gasteiger partial charge in [-0.25, -0.2) is 9.59 Å². The maximum Gasteiger partial charge on any atom is 0.328 e. The van der Waals surface area contributed by atoms with E-state index in [-0.39, 0.29) is 96.9 Å². The number of Topliss-reactive ketones (excluding diaryl/α,β-unsaturated/α-hetero) is 2. The number of amides is 6. The van der Waals surface area contributed by atoms with Crippen LogP contribution in [0.25, 0.3) is 10.9 Å². The number of esters is 2. The lowest BCUT2D eigenvalue weighted by atomic mass is 9.78. The van der Waals surface area contributed by atoms with Crippen molar-refractivity contribution in [2.45, 2.75) is 193 Å². The summed E-state index contributed by atoms with van der Waals surface area (Å²) in [6.45, 7) is 15.2. The fourth-order valence-corrected chi connectivity index (χ4v) is 12.5. The van der Waals surface area contributed by atoms with Gasteiger partial charge in [0.25, 0.3) is 5.91 Å². The lowest BCUT2D eigenvalue weighted by Gasteiger charge is -2.41. The molecule has 0 spiro atoms. The number of benzene rings is 2. The number of aliphatic hydroxyl groups is 1. The number of hydrogen-bond donors (Lipinski definition) is 5. The van der Waals surface area contributed by atoms with Crippen LogP contribution in [0.3, 0.4) is 0 Å². The van der Waals surface area contributed by atoms with E-state index in [2.05, 4.69) is 20.9 Å². The summed E-state index contributed by atoms with van der Waals surface area (Å²) in [5.41, 5.74) is 5.08. The number of rotatable bonds is 27. The van der Waals surface area contributed by atoms with E-state index in [9.17, 15) is 48.3 Å². The normalized spacial score (nSPS) is 23.8. The molecular formula is C68H94ClN7O15. The number of nitrogens with two attached hydrogens (primary N) is 1. The minimum absolute atomic E-state index is 0.0180. The van der Waals surface area contributed by atoms with Gasteiger partial charge in [-0.1, -0.05) is 88.6 Å². The van der Waals surface area contributed by atoms with E-state index < -0.39 is 102 Å². The second kappa shape index (κ2) is 32.8. The Morgan fingerprint density at radius 3 is 2.36 bits per heavy atom. The zero-order chi connectivity index (χ0) is 67.1. The number of ketones is 2. The molecule has 1 aromatic heterocycles. The van der Waals surface area contributed by atoms with Gasteiger partial charge in [0.2, 0.25) is 17.7 Å². The van der Waals surface area contributed by atoms with Crippen molar-refractivity contribution in [1.82, 2.24) is 25.8 Å². The van der Waals surface area contributed by atoms with Crippen LogP contribution in [0.15, 0.2) is 66.4 Å². The molecule has 22 nitrogen and oxygen atoms in total. The van der Waals surface area contributed by atoms with E-state index in [4.69, 9.17) is 41.0 Å². The fraction of sp³-hybridized carbons (Fsp3) is 0.588. The molecule has 6 amide bonds. The molecule has 3 aliphatic heterocycles. The molecule has 10 atom stereocenters. The molecule has 6 rings (SSSR count). The second-order valence-electron chi connectivity index (χ2n) is 25.1. The highest BCUT2D eigenvalue weighted by molar-refractivity contribution is 6.35. The van der Waals surface area contributed by atoms with E-state index >= 15 is 0 Å². The van der Waals surface area contributed by atoms with Gasteiger partial charge in [-0.15, -0.1) is 0 Å². The van der Waals surface area contributed by atoms with E-state index in [0.717, 1.165) is 36.8 Å². The Morgan fingerprint density at radius 1 is 0.978 bits per heavy atom. The second-order valence-corrected chi connectivity index (χ2v) is 25.5. The van der Waals surface area contributed by atoms with Crippen molar-refractivity contribution in [1.29, 1.82) is 0 Å². The molecule has 0 saturated carbocycles. The molecule has 91 heavy (non-hydrogen) atoms. The minimum atomic E-state index is -1.67. The smallest absolute Gasteiger partial charge is 0.328 e. The molecule has 0 unspecified atom stereocenters. The van der Waals surface area contributed by atoms with E-state index in [1.165, 1.54) is 50.3 Å². The number of anilines is 1. The van der Waals surface area contributed by atoms with Gasteiger partial charge in [-0.05, 0) is 107 Å². The van der Waals surface area contributed by atoms with Crippen LogP contribution in [-0.2, 0) is 65.4 Å². The Bertz CT molecular complexity index is 3200. The standard InChI is InChI=1S/C68H94ClN7O15/c1-13-44(14-2)62(81)72-28-17-15-16-22-46(77)35-49(39(3)4)63(82)74-50(24-20-30-73-66(70)85)52(78)34-45-26-27-48(60-47(45)23-19-29-71-60)64(83)75(9)42(7)65(84)90-56-36-57(79)76(10)51-32-43(33-53(87-11)59(51)69)31-40(5)21-18-25-55(88-12)68(86)37-54(89-58(80)38-68)41(6)61-67(56,8)91-61/h18-19,21,23,25-27,29,32-33,39,41-42,44,49-50,54-56,61,86H,13-17,20,22,24,28,30-31,34-38H2,1-12H3,(H,72,81)(H,74,82)(H3,70,73,85)/b25-18+,40-21+/t41-,42+,49+,50+,54+,55-,56+,61+,67+,68-/m1/s1. The van der Waals surface area contributed by atoms with Crippen LogP contribution in [0.4, 0.5) is 10.5 Å². The predicted molar refractivity (Wildman–Crippen MR) is 344 cm³/mol. The molecule has 2 saturated heterocycles. The van der Waals surface area contributed by atoms with Gasteiger partial charge < -0.3 is 60.3 Å². The average Bonchev–Trinajstić information content (AvgIpc) is 1.60.